The highest BCUT2D eigenvalue weighted by Crippen LogP contribution is 2.38. The second-order valence-electron chi connectivity index (χ2n) is 8.54. The van der Waals surface area contributed by atoms with Gasteiger partial charge in [-0.15, -0.1) is 0 Å². The molecule has 3 aromatic rings. The summed E-state index contributed by atoms with van der Waals surface area (Å²) in [6.45, 7) is 4.85. The van der Waals surface area contributed by atoms with Crippen molar-refractivity contribution in [3.63, 3.8) is 0 Å². The third-order valence-corrected chi connectivity index (χ3v) is 6.29. The lowest BCUT2D eigenvalue weighted by atomic mass is 9.98. The zero-order valence-electron chi connectivity index (χ0n) is 19.6. The molecule has 0 bridgehead atoms. The fourth-order valence-corrected chi connectivity index (χ4v) is 4.13. The second-order valence-corrected chi connectivity index (χ2v) is 8.54. The van der Waals surface area contributed by atoms with Crippen LogP contribution >= 0.6 is 0 Å². The molecule has 2 heterocycles. The van der Waals surface area contributed by atoms with Crippen LogP contribution in [0.1, 0.15) is 24.0 Å². The predicted molar refractivity (Wildman–Crippen MR) is 130 cm³/mol. The quantitative estimate of drug-likeness (QED) is 0.553. The Bertz CT molecular complexity index is 1180. The number of piperidine rings is 1. The molecular weight excluding hydrogens is 416 g/mol. The molecule has 0 amide bonds. The summed E-state index contributed by atoms with van der Waals surface area (Å²) in [5, 5.41) is 14.0. The Kier molecular flexibility index (Phi) is 6.85. The average Bonchev–Trinajstić information content (AvgIpc) is 2.84. The van der Waals surface area contributed by atoms with Crippen LogP contribution in [0, 0.1) is 24.2 Å². The molecule has 1 aliphatic heterocycles. The molecule has 0 aliphatic carbocycles. The number of aromatic nitrogens is 1. The van der Waals surface area contributed by atoms with Crippen LogP contribution in [0.3, 0.4) is 0 Å². The van der Waals surface area contributed by atoms with Crippen LogP contribution in [0.5, 0.6) is 17.2 Å². The normalized spacial score (nSPS) is 14.6. The van der Waals surface area contributed by atoms with Gasteiger partial charge in [0, 0.05) is 29.4 Å². The highest BCUT2D eigenvalue weighted by molar-refractivity contribution is 5.97. The summed E-state index contributed by atoms with van der Waals surface area (Å²) in [7, 11) is 5.42. The summed E-state index contributed by atoms with van der Waals surface area (Å²) in [4.78, 5) is 6.87. The molecular formula is C26H30N4O3. The van der Waals surface area contributed by atoms with Crippen molar-refractivity contribution < 1.29 is 14.2 Å². The molecule has 0 spiro atoms. The number of rotatable bonds is 7. The van der Waals surface area contributed by atoms with E-state index in [0.29, 0.717) is 35.3 Å². The molecule has 172 valence electrons. The van der Waals surface area contributed by atoms with Gasteiger partial charge in [-0.05, 0) is 63.5 Å². The van der Waals surface area contributed by atoms with E-state index < -0.39 is 0 Å². The van der Waals surface area contributed by atoms with E-state index in [1.807, 2.05) is 37.3 Å². The van der Waals surface area contributed by atoms with Gasteiger partial charge < -0.3 is 24.4 Å². The summed E-state index contributed by atoms with van der Waals surface area (Å²) in [6.07, 6.45) is 3.85. The van der Waals surface area contributed by atoms with E-state index in [1.165, 1.54) is 0 Å². The Labute approximate surface area is 194 Å². The van der Waals surface area contributed by atoms with E-state index in [1.54, 1.807) is 20.4 Å². The standard InChI is InChI=1S/C26H30N4O3/c1-17-5-6-20(31-3)11-22(17)29-26-19(14-27)15-28-23-13-25(24(32-4)12-21(23)26)33-16-18-7-9-30(2)10-8-18/h5-6,11-13,15,18H,7-10,16H2,1-4H3,(H,28,29). The van der Waals surface area contributed by atoms with Crippen molar-refractivity contribution in [1.82, 2.24) is 9.88 Å². The van der Waals surface area contributed by atoms with E-state index in [9.17, 15) is 5.26 Å². The summed E-state index contributed by atoms with van der Waals surface area (Å²) < 4.78 is 17.2. The zero-order chi connectivity index (χ0) is 23.4. The molecule has 0 atom stereocenters. The first-order valence-corrected chi connectivity index (χ1v) is 11.2. The first-order valence-electron chi connectivity index (χ1n) is 11.2. The molecule has 0 saturated carbocycles. The number of nitriles is 1. The monoisotopic (exact) mass is 446 g/mol. The first-order chi connectivity index (χ1) is 16.0. The number of benzene rings is 2. The first kappa shape index (κ1) is 22.7. The number of hydrogen-bond acceptors (Lipinski definition) is 7. The van der Waals surface area contributed by atoms with Crippen molar-refractivity contribution in [2.24, 2.45) is 5.92 Å². The van der Waals surface area contributed by atoms with Crippen LogP contribution in [0.15, 0.2) is 36.5 Å². The van der Waals surface area contributed by atoms with Gasteiger partial charge in [0.2, 0.25) is 0 Å². The van der Waals surface area contributed by atoms with Gasteiger partial charge in [-0.3, -0.25) is 4.98 Å². The van der Waals surface area contributed by atoms with Crippen molar-refractivity contribution >= 4 is 22.3 Å². The number of pyridine rings is 1. The predicted octanol–water partition coefficient (Wildman–Crippen LogP) is 4.90. The van der Waals surface area contributed by atoms with E-state index >= 15 is 0 Å². The largest absolute Gasteiger partial charge is 0.497 e. The number of anilines is 2. The molecule has 1 fully saturated rings. The third kappa shape index (κ3) is 4.96. The third-order valence-electron chi connectivity index (χ3n) is 6.29. The number of hydrogen-bond donors (Lipinski definition) is 1. The maximum Gasteiger partial charge on any atom is 0.163 e. The van der Waals surface area contributed by atoms with E-state index in [2.05, 4.69) is 28.3 Å². The minimum absolute atomic E-state index is 0.451. The van der Waals surface area contributed by atoms with Crippen molar-refractivity contribution in [3.05, 3.63) is 47.7 Å². The van der Waals surface area contributed by atoms with Gasteiger partial charge in [-0.2, -0.15) is 5.26 Å². The van der Waals surface area contributed by atoms with Crippen LogP contribution in [0.2, 0.25) is 0 Å². The fraction of sp³-hybridized carbons (Fsp3) is 0.385. The Hall–Kier alpha value is -3.50. The maximum atomic E-state index is 9.74. The average molecular weight is 447 g/mol. The van der Waals surface area contributed by atoms with Crippen LogP contribution in [-0.4, -0.2) is 50.8 Å². The SMILES string of the molecule is COc1ccc(C)c(Nc2c(C#N)cnc3cc(OCC4CCN(C)CC4)c(OC)cc23)c1. The zero-order valence-corrected chi connectivity index (χ0v) is 19.6. The van der Waals surface area contributed by atoms with Crippen LogP contribution < -0.4 is 19.5 Å². The number of likely N-dealkylation sites (tertiary alicyclic amines) is 1. The molecule has 1 saturated heterocycles. The Balaban J connectivity index is 1.68. The van der Waals surface area contributed by atoms with Crippen molar-refractivity contribution in [3.8, 4) is 23.3 Å². The van der Waals surface area contributed by atoms with Crippen molar-refractivity contribution in [2.75, 3.05) is 46.3 Å². The van der Waals surface area contributed by atoms with E-state index in [0.717, 1.165) is 53.8 Å². The van der Waals surface area contributed by atoms with Gasteiger partial charge in [0.15, 0.2) is 11.5 Å². The second kappa shape index (κ2) is 9.97. The minimum Gasteiger partial charge on any atom is -0.497 e. The van der Waals surface area contributed by atoms with E-state index in [-0.39, 0.29) is 0 Å². The summed E-state index contributed by atoms with van der Waals surface area (Å²) in [5.41, 5.74) is 3.76. The number of nitrogens with zero attached hydrogens (tertiary/aromatic N) is 3. The molecule has 7 nitrogen and oxygen atoms in total. The van der Waals surface area contributed by atoms with Crippen molar-refractivity contribution in [2.45, 2.75) is 19.8 Å². The number of fused-ring (bicyclic) bond motifs is 1. The lowest BCUT2D eigenvalue weighted by molar-refractivity contribution is 0.157. The summed E-state index contributed by atoms with van der Waals surface area (Å²) in [5.74, 6) is 2.56. The Morgan fingerprint density at radius 3 is 2.61 bits per heavy atom. The van der Waals surface area contributed by atoms with Gasteiger partial charge in [0.05, 0.1) is 37.6 Å². The summed E-state index contributed by atoms with van der Waals surface area (Å²) in [6, 6.07) is 11.8. The number of ether oxygens (including phenoxy) is 3. The summed E-state index contributed by atoms with van der Waals surface area (Å²) >= 11 is 0. The number of aryl methyl sites for hydroxylation is 1. The van der Waals surface area contributed by atoms with Crippen LogP contribution in [-0.2, 0) is 0 Å². The molecule has 1 aromatic heterocycles. The molecule has 7 heteroatoms. The molecule has 33 heavy (non-hydrogen) atoms. The van der Waals surface area contributed by atoms with Gasteiger partial charge in [0.25, 0.3) is 0 Å². The van der Waals surface area contributed by atoms with Crippen LogP contribution in [0.4, 0.5) is 11.4 Å². The Morgan fingerprint density at radius 1 is 1.12 bits per heavy atom. The van der Waals surface area contributed by atoms with E-state index in [4.69, 9.17) is 14.2 Å². The highest BCUT2D eigenvalue weighted by atomic mass is 16.5. The van der Waals surface area contributed by atoms with Gasteiger partial charge >= 0.3 is 0 Å². The van der Waals surface area contributed by atoms with Crippen molar-refractivity contribution in [1.29, 1.82) is 5.26 Å². The molecule has 0 unspecified atom stereocenters. The minimum atomic E-state index is 0.451. The Morgan fingerprint density at radius 2 is 1.91 bits per heavy atom. The fourth-order valence-electron chi connectivity index (χ4n) is 4.13. The van der Waals surface area contributed by atoms with Crippen LogP contribution in [0.25, 0.3) is 10.9 Å². The smallest absolute Gasteiger partial charge is 0.163 e. The van der Waals surface area contributed by atoms with Gasteiger partial charge in [0.1, 0.15) is 11.8 Å². The molecule has 0 radical (unpaired) electrons. The molecule has 1 aliphatic rings. The molecule has 4 rings (SSSR count). The molecule has 1 N–H and O–H groups in total. The maximum absolute atomic E-state index is 9.74. The number of methoxy groups -OCH3 is 2. The lowest BCUT2D eigenvalue weighted by Gasteiger charge is -2.28. The molecule has 2 aromatic carbocycles. The number of nitrogens with one attached hydrogen (secondary N) is 1. The van der Waals surface area contributed by atoms with Gasteiger partial charge in [-0.1, -0.05) is 6.07 Å². The lowest BCUT2D eigenvalue weighted by Crippen LogP contribution is -2.32. The van der Waals surface area contributed by atoms with Gasteiger partial charge in [-0.25, -0.2) is 0 Å². The topological polar surface area (TPSA) is 79.6 Å². The highest BCUT2D eigenvalue weighted by Gasteiger charge is 2.19.